The van der Waals surface area contributed by atoms with Crippen molar-refractivity contribution in [3.8, 4) is 0 Å². The van der Waals surface area contributed by atoms with Crippen molar-refractivity contribution in [3.05, 3.63) is 29.8 Å². The Morgan fingerprint density at radius 2 is 1.73 bits per heavy atom. The molecule has 22 heavy (non-hydrogen) atoms. The largest absolute Gasteiger partial charge is 0.360 e. The van der Waals surface area contributed by atoms with E-state index in [4.69, 9.17) is 12.2 Å². The minimum absolute atomic E-state index is 0.478. The van der Waals surface area contributed by atoms with Crippen LogP contribution in [0.3, 0.4) is 0 Å². The predicted molar refractivity (Wildman–Crippen MR) is 100 cm³/mol. The monoisotopic (exact) mass is 318 g/mol. The topological polar surface area (TPSA) is 24.1 Å². The standard InChI is InChI=1S/C19H30N2S/c1-5-19(3,4)15-8-12-17(13-9-15)21-18(22)20-16-10-6-14(2)7-11-16/h6-7,10-11,15,17H,5,8-9,12-13H2,1-4H3,(H2,20,21,22). The lowest BCUT2D eigenvalue weighted by Crippen LogP contribution is -2.41. The summed E-state index contributed by atoms with van der Waals surface area (Å²) in [5.74, 6) is 0.856. The Morgan fingerprint density at radius 3 is 2.27 bits per heavy atom. The molecule has 1 aliphatic rings. The summed E-state index contributed by atoms with van der Waals surface area (Å²) < 4.78 is 0. The highest BCUT2D eigenvalue weighted by atomic mass is 32.1. The lowest BCUT2D eigenvalue weighted by molar-refractivity contribution is 0.141. The average molecular weight is 319 g/mol. The molecule has 1 saturated carbocycles. The van der Waals surface area contributed by atoms with Gasteiger partial charge in [0.1, 0.15) is 0 Å². The van der Waals surface area contributed by atoms with Crippen LogP contribution in [0.4, 0.5) is 5.69 Å². The maximum Gasteiger partial charge on any atom is 0.170 e. The van der Waals surface area contributed by atoms with Gasteiger partial charge < -0.3 is 10.6 Å². The summed E-state index contributed by atoms with van der Waals surface area (Å²) >= 11 is 5.45. The molecule has 122 valence electrons. The van der Waals surface area contributed by atoms with Gasteiger partial charge in [0.2, 0.25) is 0 Å². The fraction of sp³-hybridized carbons (Fsp3) is 0.632. The van der Waals surface area contributed by atoms with Crippen LogP contribution < -0.4 is 10.6 Å². The first-order chi connectivity index (χ1) is 10.4. The van der Waals surface area contributed by atoms with Crippen LogP contribution in [-0.4, -0.2) is 11.2 Å². The highest BCUT2D eigenvalue weighted by Crippen LogP contribution is 2.40. The molecule has 0 bridgehead atoms. The molecule has 0 unspecified atom stereocenters. The maximum absolute atomic E-state index is 5.45. The number of hydrogen-bond donors (Lipinski definition) is 2. The summed E-state index contributed by atoms with van der Waals surface area (Å²) in [5, 5.41) is 7.53. The van der Waals surface area contributed by atoms with Crippen LogP contribution in [0.2, 0.25) is 0 Å². The molecule has 0 aliphatic heterocycles. The van der Waals surface area contributed by atoms with Crippen molar-refractivity contribution in [3.63, 3.8) is 0 Å². The first-order valence-electron chi connectivity index (χ1n) is 8.55. The molecule has 2 N–H and O–H groups in total. The average Bonchev–Trinajstić information content (AvgIpc) is 2.50. The van der Waals surface area contributed by atoms with Crippen molar-refractivity contribution < 1.29 is 0 Å². The summed E-state index contributed by atoms with van der Waals surface area (Å²) in [6, 6.07) is 8.87. The van der Waals surface area contributed by atoms with Gasteiger partial charge in [-0.15, -0.1) is 0 Å². The molecule has 1 aliphatic carbocycles. The first-order valence-corrected chi connectivity index (χ1v) is 8.95. The van der Waals surface area contributed by atoms with Crippen LogP contribution in [0.1, 0.15) is 58.4 Å². The number of anilines is 1. The van der Waals surface area contributed by atoms with Crippen LogP contribution >= 0.6 is 12.2 Å². The zero-order chi connectivity index (χ0) is 16.2. The van der Waals surface area contributed by atoms with Gasteiger partial charge in [-0.3, -0.25) is 0 Å². The van der Waals surface area contributed by atoms with E-state index in [9.17, 15) is 0 Å². The van der Waals surface area contributed by atoms with Crippen molar-refractivity contribution in [2.75, 3.05) is 5.32 Å². The van der Waals surface area contributed by atoms with Crippen molar-refractivity contribution >= 4 is 23.0 Å². The van der Waals surface area contributed by atoms with E-state index in [0.717, 1.165) is 16.7 Å². The second-order valence-corrected chi connectivity index (χ2v) is 7.76. The van der Waals surface area contributed by atoms with E-state index < -0.39 is 0 Å². The van der Waals surface area contributed by atoms with Crippen LogP contribution in [-0.2, 0) is 0 Å². The SMILES string of the molecule is CCC(C)(C)C1CCC(NC(=S)Nc2ccc(C)cc2)CC1. The van der Waals surface area contributed by atoms with Crippen molar-refractivity contribution in [2.24, 2.45) is 11.3 Å². The van der Waals surface area contributed by atoms with Gasteiger partial charge >= 0.3 is 0 Å². The molecular formula is C19H30N2S. The van der Waals surface area contributed by atoms with Gasteiger partial charge in [-0.2, -0.15) is 0 Å². The van der Waals surface area contributed by atoms with Gasteiger partial charge in [-0.05, 0) is 68.3 Å². The zero-order valence-corrected chi connectivity index (χ0v) is 15.2. The highest BCUT2D eigenvalue weighted by molar-refractivity contribution is 7.80. The highest BCUT2D eigenvalue weighted by Gasteiger charge is 2.31. The summed E-state index contributed by atoms with van der Waals surface area (Å²) in [7, 11) is 0. The number of hydrogen-bond acceptors (Lipinski definition) is 1. The Morgan fingerprint density at radius 1 is 1.14 bits per heavy atom. The van der Waals surface area contributed by atoms with E-state index in [1.807, 2.05) is 0 Å². The van der Waals surface area contributed by atoms with E-state index in [2.05, 4.69) is 62.6 Å². The Labute approximate surface area is 141 Å². The summed E-state index contributed by atoms with van der Waals surface area (Å²) in [6.45, 7) is 9.23. The van der Waals surface area contributed by atoms with Crippen molar-refractivity contribution in [1.82, 2.24) is 5.32 Å². The third-order valence-corrected chi connectivity index (χ3v) is 5.61. The normalized spacial score (nSPS) is 22.2. The fourth-order valence-corrected chi connectivity index (χ4v) is 3.58. The van der Waals surface area contributed by atoms with Crippen LogP contribution in [0.25, 0.3) is 0 Å². The molecule has 0 amide bonds. The van der Waals surface area contributed by atoms with Gasteiger partial charge in [0.15, 0.2) is 5.11 Å². The van der Waals surface area contributed by atoms with Gasteiger partial charge in [0, 0.05) is 11.7 Å². The fourth-order valence-electron chi connectivity index (χ4n) is 3.30. The second kappa shape index (κ2) is 7.45. The van der Waals surface area contributed by atoms with Crippen LogP contribution in [0.5, 0.6) is 0 Å². The van der Waals surface area contributed by atoms with Gasteiger partial charge in [0.25, 0.3) is 0 Å². The summed E-state index contributed by atoms with van der Waals surface area (Å²) in [6.07, 6.45) is 6.34. The van der Waals surface area contributed by atoms with Crippen LogP contribution in [0, 0.1) is 18.3 Å². The van der Waals surface area contributed by atoms with Gasteiger partial charge in [-0.1, -0.05) is 44.9 Å². The number of aryl methyl sites for hydroxylation is 1. The van der Waals surface area contributed by atoms with E-state index in [1.165, 1.54) is 37.7 Å². The Kier molecular flexibility index (Phi) is 5.85. The Balaban J connectivity index is 1.78. The number of thiocarbonyl (C=S) groups is 1. The lowest BCUT2D eigenvalue weighted by atomic mass is 9.69. The Hall–Kier alpha value is -1.09. The molecule has 1 fully saturated rings. The summed E-state index contributed by atoms with van der Waals surface area (Å²) in [4.78, 5) is 0. The minimum Gasteiger partial charge on any atom is -0.360 e. The third kappa shape index (κ3) is 4.70. The van der Waals surface area contributed by atoms with Gasteiger partial charge in [0.05, 0.1) is 0 Å². The molecule has 0 radical (unpaired) electrons. The third-order valence-electron chi connectivity index (χ3n) is 5.39. The van der Waals surface area contributed by atoms with Crippen molar-refractivity contribution in [1.29, 1.82) is 0 Å². The van der Waals surface area contributed by atoms with E-state index >= 15 is 0 Å². The number of benzene rings is 1. The van der Waals surface area contributed by atoms with E-state index in [-0.39, 0.29) is 0 Å². The molecular weight excluding hydrogens is 288 g/mol. The first kappa shape index (κ1) is 17.3. The smallest absolute Gasteiger partial charge is 0.170 e. The van der Waals surface area contributed by atoms with Gasteiger partial charge in [-0.25, -0.2) is 0 Å². The molecule has 1 aromatic carbocycles. The molecule has 1 aromatic rings. The maximum atomic E-state index is 5.45. The molecule has 2 nitrogen and oxygen atoms in total. The number of rotatable bonds is 4. The molecule has 3 heteroatoms. The molecule has 0 atom stereocenters. The molecule has 0 aromatic heterocycles. The molecule has 2 rings (SSSR count). The molecule has 0 saturated heterocycles. The number of nitrogens with one attached hydrogen (secondary N) is 2. The quantitative estimate of drug-likeness (QED) is 0.739. The van der Waals surface area contributed by atoms with E-state index in [0.29, 0.717) is 11.5 Å². The second-order valence-electron chi connectivity index (χ2n) is 7.36. The molecule has 0 spiro atoms. The van der Waals surface area contributed by atoms with Crippen LogP contribution in [0.15, 0.2) is 24.3 Å². The predicted octanol–water partition coefficient (Wildman–Crippen LogP) is 5.28. The molecule has 0 heterocycles. The van der Waals surface area contributed by atoms with E-state index in [1.54, 1.807) is 0 Å². The minimum atomic E-state index is 0.478. The zero-order valence-electron chi connectivity index (χ0n) is 14.4. The Bertz CT molecular complexity index is 485. The summed E-state index contributed by atoms with van der Waals surface area (Å²) in [5.41, 5.74) is 2.80. The van der Waals surface area contributed by atoms with Crippen molar-refractivity contribution in [2.45, 2.75) is 65.8 Å². The lowest BCUT2D eigenvalue weighted by Gasteiger charge is -2.39.